The number of aromatic nitrogens is 2. The van der Waals surface area contributed by atoms with Gasteiger partial charge in [0.1, 0.15) is 5.82 Å². The molecule has 0 unspecified atom stereocenters. The maximum Gasteiger partial charge on any atom is 0.321 e. The van der Waals surface area contributed by atoms with Gasteiger partial charge < -0.3 is 19.7 Å². The number of nitrogens with zero attached hydrogens (tertiary/aromatic N) is 5. The summed E-state index contributed by atoms with van der Waals surface area (Å²) < 4.78 is 2.10. The summed E-state index contributed by atoms with van der Waals surface area (Å²) in [5.74, 6) is 1.05. The van der Waals surface area contributed by atoms with Gasteiger partial charge in [0.25, 0.3) is 5.91 Å². The van der Waals surface area contributed by atoms with Crippen molar-refractivity contribution in [3.8, 4) is 0 Å². The van der Waals surface area contributed by atoms with Crippen molar-refractivity contribution in [2.75, 3.05) is 44.6 Å². The lowest BCUT2D eigenvalue weighted by atomic mass is 10.2. The first kappa shape index (κ1) is 23.6. The van der Waals surface area contributed by atoms with E-state index in [1.807, 2.05) is 54.1 Å². The predicted octanol–water partition coefficient (Wildman–Crippen LogP) is 4.12. The number of urea groups is 1. The van der Waals surface area contributed by atoms with Crippen molar-refractivity contribution in [1.29, 1.82) is 0 Å². The van der Waals surface area contributed by atoms with Gasteiger partial charge in [-0.15, -0.1) is 0 Å². The number of anilines is 1. The number of nitrogens with one attached hydrogen (secondary N) is 1. The van der Waals surface area contributed by atoms with Crippen LogP contribution in [0.1, 0.15) is 34.6 Å². The maximum atomic E-state index is 12.8. The van der Waals surface area contributed by atoms with Crippen molar-refractivity contribution in [3.63, 3.8) is 0 Å². The van der Waals surface area contributed by atoms with Gasteiger partial charge in [-0.3, -0.25) is 9.69 Å². The number of carbonyl (C=O) groups excluding carboxylic acids is 2. The van der Waals surface area contributed by atoms with Crippen LogP contribution in [0.5, 0.6) is 0 Å². The highest BCUT2D eigenvalue weighted by molar-refractivity contribution is 6.31. The van der Waals surface area contributed by atoms with E-state index >= 15 is 0 Å². The Morgan fingerprint density at radius 3 is 2.46 bits per heavy atom. The first-order valence-corrected chi connectivity index (χ1v) is 12.6. The summed E-state index contributed by atoms with van der Waals surface area (Å²) in [7, 11) is 2.02. The van der Waals surface area contributed by atoms with E-state index < -0.39 is 0 Å². The number of rotatable bonds is 4. The summed E-state index contributed by atoms with van der Waals surface area (Å²) in [4.78, 5) is 36.5. The van der Waals surface area contributed by atoms with E-state index in [9.17, 15) is 9.59 Å². The Kier molecular flexibility index (Phi) is 6.67. The summed E-state index contributed by atoms with van der Waals surface area (Å²) in [6.45, 7) is 7.15. The quantitative estimate of drug-likeness (QED) is 0.592. The van der Waals surface area contributed by atoms with Crippen LogP contribution in [-0.4, -0.2) is 75.5 Å². The molecule has 0 spiro atoms. The molecule has 3 aromatic rings. The molecular weight excluding hydrogens is 464 g/mol. The van der Waals surface area contributed by atoms with Gasteiger partial charge in [-0.25, -0.2) is 9.78 Å². The molecule has 0 atom stereocenters. The van der Waals surface area contributed by atoms with Gasteiger partial charge in [0.2, 0.25) is 0 Å². The monoisotopic (exact) mass is 494 g/mol. The molecule has 1 N–H and O–H groups in total. The van der Waals surface area contributed by atoms with Gasteiger partial charge in [-0.2, -0.15) is 0 Å². The maximum absolute atomic E-state index is 12.8. The van der Waals surface area contributed by atoms with Crippen LogP contribution in [0.4, 0.5) is 10.5 Å². The van der Waals surface area contributed by atoms with E-state index in [1.165, 1.54) is 0 Å². The summed E-state index contributed by atoms with van der Waals surface area (Å²) >= 11 is 6.08. The number of imidazole rings is 1. The average Bonchev–Trinajstić information content (AvgIpc) is 3.50. The fraction of sp³-hybridized carbons (Fsp3) is 0.423. The van der Waals surface area contributed by atoms with Gasteiger partial charge in [0, 0.05) is 62.6 Å². The second-order valence-electron chi connectivity index (χ2n) is 9.44. The molecule has 2 aliphatic heterocycles. The number of hydrogen-bond acceptors (Lipinski definition) is 4. The first-order valence-electron chi connectivity index (χ1n) is 12.2. The van der Waals surface area contributed by atoms with E-state index in [0.29, 0.717) is 30.2 Å². The topological polar surface area (TPSA) is 73.7 Å². The molecule has 3 heterocycles. The lowest BCUT2D eigenvalue weighted by molar-refractivity contribution is 0.0793. The minimum absolute atomic E-state index is 0.0963. The molecule has 9 heteroatoms. The molecule has 184 valence electrons. The number of aryl methyl sites for hydroxylation is 2. The summed E-state index contributed by atoms with van der Waals surface area (Å²) in [6, 6.07) is 11.2. The Hall–Kier alpha value is -3.10. The standard InChI is InChI=1S/C26H31ClN6O2/c1-18-5-7-20(27)16-21(18)29-26(35)33-13-11-31(12-14-33)17-24-28-22-15-19(6-8-23(22)30(24)2)25(34)32-9-3-4-10-32/h5-8,15-16H,3-4,9-14,17H2,1-2H3,(H,29,35). The van der Waals surface area contributed by atoms with Crippen molar-refractivity contribution in [3.05, 3.63) is 58.4 Å². The number of benzene rings is 2. The second-order valence-corrected chi connectivity index (χ2v) is 9.88. The Labute approximate surface area is 210 Å². The van der Waals surface area contributed by atoms with Gasteiger partial charge in [-0.05, 0) is 55.7 Å². The highest BCUT2D eigenvalue weighted by Gasteiger charge is 2.24. The van der Waals surface area contributed by atoms with Crippen molar-refractivity contribution in [2.45, 2.75) is 26.3 Å². The molecule has 0 saturated carbocycles. The number of likely N-dealkylation sites (tertiary alicyclic amines) is 1. The zero-order valence-electron chi connectivity index (χ0n) is 20.3. The molecular formula is C26H31ClN6O2. The van der Waals surface area contributed by atoms with E-state index in [2.05, 4.69) is 14.8 Å². The highest BCUT2D eigenvalue weighted by atomic mass is 35.5. The summed E-state index contributed by atoms with van der Waals surface area (Å²) in [5.41, 5.74) is 4.30. The Bertz CT molecular complexity index is 1260. The molecule has 0 bridgehead atoms. The molecule has 8 nitrogen and oxygen atoms in total. The van der Waals surface area contributed by atoms with Crippen LogP contribution < -0.4 is 5.32 Å². The normalized spacial score (nSPS) is 16.8. The molecule has 2 saturated heterocycles. The van der Waals surface area contributed by atoms with Gasteiger partial charge in [0.05, 0.1) is 17.6 Å². The number of hydrogen-bond donors (Lipinski definition) is 1. The SMILES string of the molecule is Cc1ccc(Cl)cc1NC(=O)N1CCN(Cc2nc3cc(C(=O)N4CCCC4)ccc3n2C)CC1. The van der Waals surface area contributed by atoms with Crippen molar-refractivity contribution in [2.24, 2.45) is 7.05 Å². The van der Waals surface area contributed by atoms with Crippen LogP contribution in [-0.2, 0) is 13.6 Å². The lowest BCUT2D eigenvalue weighted by Crippen LogP contribution is -2.49. The molecule has 35 heavy (non-hydrogen) atoms. The summed E-state index contributed by atoms with van der Waals surface area (Å²) in [5, 5.41) is 3.59. The Morgan fingerprint density at radius 1 is 0.971 bits per heavy atom. The smallest absolute Gasteiger partial charge is 0.321 e. The van der Waals surface area contributed by atoms with Crippen molar-refractivity contribution >= 4 is 40.3 Å². The van der Waals surface area contributed by atoms with Crippen LogP contribution in [0.2, 0.25) is 5.02 Å². The number of halogens is 1. The lowest BCUT2D eigenvalue weighted by Gasteiger charge is -2.34. The third kappa shape index (κ3) is 4.99. The zero-order chi connectivity index (χ0) is 24.5. The molecule has 2 aliphatic rings. The molecule has 0 radical (unpaired) electrons. The van der Waals surface area contributed by atoms with Crippen molar-refractivity contribution < 1.29 is 9.59 Å². The number of amides is 3. The number of piperazine rings is 1. The largest absolute Gasteiger partial charge is 0.339 e. The molecule has 3 amide bonds. The van der Waals surface area contributed by atoms with Gasteiger partial charge in [0.15, 0.2) is 0 Å². The fourth-order valence-electron chi connectivity index (χ4n) is 4.86. The van der Waals surface area contributed by atoms with E-state index in [4.69, 9.17) is 16.6 Å². The molecule has 5 rings (SSSR count). The van der Waals surface area contributed by atoms with Gasteiger partial charge >= 0.3 is 6.03 Å². The Balaban J connectivity index is 1.21. The minimum atomic E-state index is -0.104. The third-order valence-corrected chi connectivity index (χ3v) is 7.31. The number of fused-ring (bicyclic) bond motifs is 1. The van der Waals surface area contributed by atoms with Crippen LogP contribution in [0.25, 0.3) is 11.0 Å². The average molecular weight is 495 g/mol. The molecule has 2 aromatic carbocycles. The highest BCUT2D eigenvalue weighted by Crippen LogP contribution is 2.22. The first-order chi connectivity index (χ1) is 16.9. The zero-order valence-corrected chi connectivity index (χ0v) is 21.0. The third-order valence-electron chi connectivity index (χ3n) is 7.08. The predicted molar refractivity (Wildman–Crippen MR) is 138 cm³/mol. The molecule has 1 aromatic heterocycles. The minimum Gasteiger partial charge on any atom is -0.339 e. The van der Waals surface area contributed by atoms with E-state index in [1.54, 1.807) is 6.07 Å². The van der Waals surface area contributed by atoms with Crippen LogP contribution in [0.3, 0.4) is 0 Å². The number of carbonyl (C=O) groups is 2. The molecule has 2 fully saturated rings. The Morgan fingerprint density at radius 2 is 1.71 bits per heavy atom. The van der Waals surface area contributed by atoms with Gasteiger partial charge in [-0.1, -0.05) is 17.7 Å². The molecule has 0 aliphatic carbocycles. The second kappa shape index (κ2) is 9.87. The van der Waals surface area contributed by atoms with E-state index in [0.717, 1.165) is 67.1 Å². The van der Waals surface area contributed by atoms with Crippen LogP contribution in [0, 0.1) is 6.92 Å². The fourth-order valence-corrected chi connectivity index (χ4v) is 5.03. The summed E-state index contributed by atoms with van der Waals surface area (Å²) in [6.07, 6.45) is 2.16. The van der Waals surface area contributed by atoms with Crippen molar-refractivity contribution in [1.82, 2.24) is 24.3 Å². The van der Waals surface area contributed by atoms with Crippen LogP contribution >= 0.6 is 11.6 Å². The van der Waals surface area contributed by atoms with Crippen LogP contribution in [0.15, 0.2) is 36.4 Å². The van der Waals surface area contributed by atoms with E-state index in [-0.39, 0.29) is 11.9 Å².